The number of nitrogen functional groups attached to an aromatic ring is 1. The zero-order valence-electron chi connectivity index (χ0n) is 18.2. The molecule has 4 heterocycles. The summed E-state index contributed by atoms with van der Waals surface area (Å²) in [5.74, 6) is -1.73. The molecule has 2 aliphatic rings. The summed E-state index contributed by atoms with van der Waals surface area (Å²) in [5.41, 5.74) is 5.28. The number of nitrogens with zero attached hydrogens (tertiary/aromatic N) is 4. The van der Waals surface area contributed by atoms with Gasteiger partial charge < -0.3 is 21.0 Å². The second-order valence-electron chi connectivity index (χ2n) is 7.35. The van der Waals surface area contributed by atoms with E-state index in [4.69, 9.17) is 5.73 Å². The van der Waals surface area contributed by atoms with Gasteiger partial charge in [0.05, 0.1) is 6.04 Å². The lowest BCUT2D eigenvalue weighted by Gasteiger charge is -2.49. The van der Waals surface area contributed by atoms with Gasteiger partial charge in [0.15, 0.2) is 11.3 Å². The van der Waals surface area contributed by atoms with E-state index in [2.05, 4.69) is 20.3 Å². The molecule has 3 atom stereocenters. The van der Waals surface area contributed by atoms with Gasteiger partial charge in [-0.1, -0.05) is 16.9 Å². The van der Waals surface area contributed by atoms with Crippen molar-refractivity contribution >= 4 is 64.0 Å². The smallest absolute Gasteiger partial charge is 0.353 e. The van der Waals surface area contributed by atoms with Crippen LogP contribution in [-0.2, 0) is 26.3 Å². The Morgan fingerprint density at radius 2 is 2.34 bits per heavy atom. The third kappa shape index (κ3) is 5.41. The van der Waals surface area contributed by atoms with Gasteiger partial charge in [-0.3, -0.25) is 14.5 Å². The van der Waals surface area contributed by atoms with Crippen molar-refractivity contribution in [1.29, 1.82) is 0 Å². The summed E-state index contributed by atoms with van der Waals surface area (Å²) in [4.78, 5) is 46.9. The number of carbonyl (C=O) groups excluding carboxylic acids is 2. The highest BCUT2D eigenvalue weighted by Gasteiger charge is 2.53. The molecule has 2 amide bonds. The van der Waals surface area contributed by atoms with Crippen LogP contribution in [0.5, 0.6) is 0 Å². The highest BCUT2D eigenvalue weighted by Crippen LogP contribution is 2.40. The van der Waals surface area contributed by atoms with Crippen molar-refractivity contribution in [3.63, 3.8) is 0 Å². The zero-order chi connectivity index (χ0) is 25.1. The Kier molecular flexibility index (Phi) is 7.57. The molecule has 184 valence electrons. The minimum absolute atomic E-state index is 0.0722. The van der Waals surface area contributed by atoms with Crippen molar-refractivity contribution in [1.82, 2.24) is 15.2 Å². The van der Waals surface area contributed by atoms with Gasteiger partial charge in [-0.05, 0) is 6.07 Å². The number of nitrogens with one attached hydrogen (secondary N) is 1. The van der Waals surface area contributed by atoms with Crippen LogP contribution >= 0.6 is 34.9 Å². The van der Waals surface area contributed by atoms with Crippen LogP contribution in [0.3, 0.4) is 0 Å². The van der Waals surface area contributed by atoms with Crippen LogP contribution in [-0.4, -0.2) is 62.6 Å². The quantitative estimate of drug-likeness (QED) is 0.140. The van der Waals surface area contributed by atoms with Crippen molar-refractivity contribution in [2.75, 3.05) is 17.2 Å². The Bertz CT molecular complexity index is 1220. The van der Waals surface area contributed by atoms with Crippen LogP contribution in [0.1, 0.15) is 12.1 Å². The first-order chi connectivity index (χ1) is 16.8. The van der Waals surface area contributed by atoms with E-state index in [1.54, 1.807) is 0 Å². The molecule has 1 fully saturated rings. The molecule has 4 rings (SSSR count). The highest BCUT2D eigenvalue weighted by atomic mass is 32.2. The average Bonchev–Trinajstić information content (AvgIpc) is 3.27. The largest absolute Gasteiger partial charge is 0.477 e. The lowest BCUT2D eigenvalue weighted by molar-refractivity contribution is -0.708. The number of carboxylic acid groups (broad SMARTS) is 1. The Hall–Kier alpha value is -3.17. The summed E-state index contributed by atoms with van der Waals surface area (Å²) < 4.78 is 15.8. The Morgan fingerprint density at radius 1 is 1.54 bits per heavy atom. The minimum Gasteiger partial charge on any atom is -0.477 e. The average molecular weight is 540 g/mol. The number of hydrogen-bond acceptors (Lipinski definition) is 10. The van der Waals surface area contributed by atoms with Gasteiger partial charge in [-0.15, -0.1) is 23.1 Å². The van der Waals surface area contributed by atoms with Gasteiger partial charge in [0, 0.05) is 33.9 Å². The topological polar surface area (TPSA) is 151 Å². The number of oxime groups is 1. The normalized spacial score (nSPS) is 20.4. The van der Waals surface area contributed by atoms with Crippen molar-refractivity contribution in [2.24, 2.45) is 12.2 Å². The van der Waals surface area contributed by atoms with E-state index in [0.717, 1.165) is 16.4 Å². The Morgan fingerprint density at radius 3 is 3.03 bits per heavy atom. The number of carboxylic acids is 1. The number of anilines is 1. The third-order valence-electron chi connectivity index (χ3n) is 5.11. The number of hydrogen-bond donors (Lipinski definition) is 3. The van der Waals surface area contributed by atoms with Crippen LogP contribution in [0.25, 0.3) is 0 Å². The molecule has 4 N–H and O–H groups in total. The number of aryl methyl sites for hydroxylation is 1. The maximum absolute atomic E-state index is 13.9. The minimum atomic E-state index is -2.00. The summed E-state index contributed by atoms with van der Waals surface area (Å²) in [6.45, 7) is 0. The number of aliphatic carboxylic acids is 1. The number of pyridine rings is 1. The van der Waals surface area contributed by atoms with Gasteiger partial charge in [0.1, 0.15) is 30.7 Å². The number of nitrogens with two attached hydrogens (primary N) is 1. The van der Waals surface area contributed by atoms with E-state index in [9.17, 15) is 23.9 Å². The van der Waals surface area contributed by atoms with Gasteiger partial charge >= 0.3 is 12.3 Å². The molecular formula is C20H20FN6O5S3+. The predicted molar refractivity (Wildman–Crippen MR) is 128 cm³/mol. The summed E-state index contributed by atoms with van der Waals surface area (Å²) in [5, 5.41) is 18.0. The molecule has 2 aliphatic heterocycles. The lowest BCUT2D eigenvalue weighted by Crippen LogP contribution is -2.72. The van der Waals surface area contributed by atoms with Crippen LogP contribution in [0, 0.1) is 0 Å². The number of thioether (sulfide) groups is 2. The third-order valence-corrected chi connectivity index (χ3v) is 8.33. The molecule has 0 bridgehead atoms. The summed E-state index contributed by atoms with van der Waals surface area (Å²) in [6.07, 6.45) is 0.590. The number of β-lactam (4-membered cyclic amide) rings is 1. The molecule has 15 heteroatoms. The van der Waals surface area contributed by atoms with Gasteiger partial charge in [0.25, 0.3) is 11.8 Å². The van der Waals surface area contributed by atoms with Gasteiger partial charge in [0.2, 0.25) is 5.03 Å². The standard InChI is InChI=1S/C20H19FN6O5S3/c1-26-5-3-2-4-14(26)34-9-12-16(19(30)31)27-11(8-33-12)15(18(27)29)25-13(28)6-23-32-17(21)10-7-35-20(22)24-10/h2-7,11,15,17H,8-9H2,1H3,(H3-,22,24,25,28,30,31)/p+1/b23-6-/t11-,15+,17?/m1/s1. The van der Waals surface area contributed by atoms with Crippen LogP contribution in [0.15, 0.2) is 50.6 Å². The number of thiazole rings is 1. The molecule has 1 saturated heterocycles. The van der Waals surface area contributed by atoms with Crippen LogP contribution < -0.4 is 15.6 Å². The predicted octanol–water partition coefficient (Wildman–Crippen LogP) is 1.05. The number of amides is 2. The molecule has 0 aromatic carbocycles. The van der Waals surface area contributed by atoms with Crippen molar-refractivity contribution in [3.05, 3.63) is 46.1 Å². The molecule has 0 saturated carbocycles. The maximum atomic E-state index is 13.9. The number of aromatic nitrogens is 2. The van der Waals surface area contributed by atoms with Crippen molar-refractivity contribution in [3.8, 4) is 0 Å². The summed E-state index contributed by atoms with van der Waals surface area (Å²) >= 11 is 3.84. The van der Waals surface area contributed by atoms with Crippen LogP contribution in [0.2, 0.25) is 0 Å². The molecule has 1 unspecified atom stereocenters. The van der Waals surface area contributed by atoms with E-state index in [-0.39, 0.29) is 16.5 Å². The Labute approximate surface area is 211 Å². The first-order valence-electron chi connectivity index (χ1n) is 10.1. The second kappa shape index (κ2) is 10.6. The fourth-order valence-corrected chi connectivity index (χ4v) is 6.41. The SMILES string of the molecule is C[n+]1ccccc1SCC1=C(C(=O)O)N2C(=O)[C@@H](NC(=O)/C=N\OC(F)c3csc(N)n3)[C@H]2CS1. The maximum Gasteiger partial charge on any atom is 0.353 e. The summed E-state index contributed by atoms with van der Waals surface area (Å²) in [6, 6.07) is 4.26. The second-order valence-corrected chi connectivity index (χ2v) is 10.4. The first kappa shape index (κ1) is 24.9. The monoisotopic (exact) mass is 539 g/mol. The lowest BCUT2D eigenvalue weighted by atomic mass is 9.94. The molecule has 11 nitrogen and oxygen atoms in total. The molecule has 0 spiro atoms. The van der Waals surface area contributed by atoms with Crippen molar-refractivity contribution < 1.29 is 33.3 Å². The van der Waals surface area contributed by atoms with E-state index in [0.29, 0.717) is 22.6 Å². The molecular weight excluding hydrogens is 519 g/mol. The first-order valence-corrected chi connectivity index (χ1v) is 13.0. The highest BCUT2D eigenvalue weighted by molar-refractivity contribution is 8.06. The molecule has 2 aromatic heterocycles. The van der Waals surface area contributed by atoms with E-state index >= 15 is 0 Å². The molecule has 0 radical (unpaired) electrons. The van der Waals surface area contributed by atoms with Gasteiger partial charge in [-0.2, -0.15) is 8.96 Å². The number of halogens is 1. The molecule has 2 aromatic rings. The zero-order valence-corrected chi connectivity index (χ0v) is 20.6. The Balaban J connectivity index is 1.36. The van der Waals surface area contributed by atoms with E-state index < -0.39 is 36.2 Å². The number of alkyl halides is 1. The van der Waals surface area contributed by atoms with E-state index in [1.165, 1.54) is 33.8 Å². The van der Waals surface area contributed by atoms with Gasteiger partial charge in [-0.25, -0.2) is 9.78 Å². The summed E-state index contributed by atoms with van der Waals surface area (Å²) in [7, 11) is 1.89. The number of rotatable bonds is 9. The fraction of sp³-hybridized carbons (Fsp3) is 0.300. The van der Waals surface area contributed by atoms with E-state index in [1.807, 2.05) is 36.0 Å². The number of fused-ring (bicyclic) bond motifs is 1. The molecule has 35 heavy (non-hydrogen) atoms. The van der Waals surface area contributed by atoms with Crippen LogP contribution in [0.4, 0.5) is 9.52 Å². The fourth-order valence-electron chi connectivity index (χ4n) is 3.45. The molecule has 0 aliphatic carbocycles. The number of carbonyl (C=O) groups is 3. The van der Waals surface area contributed by atoms with Crippen molar-refractivity contribution in [2.45, 2.75) is 23.5 Å².